The summed E-state index contributed by atoms with van der Waals surface area (Å²) in [6.45, 7) is 10.7. The number of benzene rings is 1. The fraction of sp³-hybridized carbons (Fsp3) is 0.348. The van der Waals surface area contributed by atoms with E-state index in [1.165, 1.54) is 11.1 Å². The van der Waals surface area contributed by atoms with Gasteiger partial charge in [0.25, 0.3) is 0 Å². The van der Waals surface area contributed by atoms with E-state index in [9.17, 15) is 4.79 Å². The van der Waals surface area contributed by atoms with Crippen molar-refractivity contribution >= 4 is 12.0 Å². The SMILES string of the molecule is CCOC(=O)c1ccc(/C=C(C)/C=C/C=C(\C)CCC=C(C)C)cc1. The zero-order chi connectivity index (χ0) is 18.7. The summed E-state index contributed by atoms with van der Waals surface area (Å²) in [6, 6.07) is 7.47. The van der Waals surface area contributed by atoms with Crippen LogP contribution in [0.4, 0.5) is 0 Å². The molecule has 0 saturated carbocycles. The minimum atomic E-state index is -0.275. The molecule has 0 aromatic heterocycles. The Labute approximate surface area is 152 Å². The molecule has 0 spiro atoms. The molecule has 25 heavy (non-hydrogen) atoms. The van der Waals surface area contributed by atoms with Gasteiger partial charge in [-0.1, -0.05) is 59.2 Å². The summed E-state index contributed by atoms with van der Waals surface area (Å²) in [5.41, 5.74) is 5.57. The Morgan fingerprint density at radius 1 is 1.08 bits per heavy atom. The summed E-state index contributed by atoms with van der Waals surface area (Å²) in [5.74, 6) is -0.275. The van der Waals surface area contributed by atoms with Crippen LogP contribution in [0.25, 0.3) is 6.08 Å². The van der Waals surface area contributed by atoms with Gasteiger partial charge in [-0.05, 0) is 65.2 Å². The normalized spacial score (nSPS) is 12.4. The fourth-order valence-electron chi connectivity index (χ4n) is 2.28. The zero-order valence-electron chi connectivity index (χ0n) is 16.1. The molecule has 0 N–H and O–H groups in total. The molecule has 1 aromatic rings. The zero-order valence-corrected chi connectivity index (χ0v) is 16.1. The van der Waals surface area contributed by atoms with Crippen molar-refractivity contribution in [2.24, 2.45) is 0 Å². The second-order valence-corrected chi connectivity index (χ2v) is 6.42. The third-order valence-electron chi connectivity index (χ3n) is 3.65. The second kappa shape index (κ2) is 11.2. The van der Waals surface area contributed by atoms with E-state index in [0.29, 0.717) is 12.2 Å². The topological polar surface area (TPSA) is 26.3 Å². The highest BCUT2D eigenvalue weighted by Crippen LogP contribution is 2.12. The Bertz CT molecular complexity index is 667. The van der Waals surface area contributed by atoms with Gasteiger partial charge in [-0.25, -0.2) is 4.79 Å². The van der Waals surface area contributed by atoms with Crippen LogP contribution >= 0.6 is 0 Å². The molecule has 0 aliphatic heterocycles. The molecule has 0 saturated heterocycles. The molecule has 0 heterocycles. The van der Waals surface area contributed by atoms with Crippen LogP contribution in [-0.2, 0) is 4.74 Å². The second-order valence-electron chi connectivity index (χ2n) is 6.42. The summed E-state index contributed by atoms with van der Waals surface area (Å²) in [7, 11) is 0. The summed E-state index contributed by atoms with van der Waals surface area (Å²) >= 11 is 0. The average molecular weight is 338 g/mol. The Kier molecular flexibility index (Phi) is 9.31. The molecule has 2 heteroatoms. The molecule has 0 atom stereocenters. The molecular weight excluding hydrogens is 308 g/mol. The highest BCUT2D eigenvalue weighted by molar-refractivity contribution is 5.89. The molecule has 0 bridgehead atoms. The summed E-state index contributed by atoms with van der Waals surface area (Å²) < 4.78 is 4.99. The van der Waals surface area contributed by atoms with Gasteiger partial charge in [-0.3, -0.25) is 0 Å². The smallest absolute Gasteiger partial charge is 0.338 e. The van der Waals surface area contributed by atoms with Crippen molar-refractivity contribution in [2.75, 3.05) is 6.61 Å². The first-order chi connectivity index (χ1) is 11.9. The maximum absolute atomic E-state index is 11.6. The maximum atomic E-state index is 11.6. The van der Waals surface area contributed by atoms with Crippen molar-refractivity contribution in [3.8, 4) is 0 Å². The predicted octanol–water partition coefficient (Wildman–Crippen LogP) is 6.52. The minimum Gasteiger partial charge on any atom is -0.462 e. The first-order valence-electron chi connectivity index (χ1n) is 8.85. The van der Waals surface area contributed by atoms with Crippen LogP contribution in [0.3, 0.4) is 0 Å². The fourth-order valence-corrected chi connectivity index (χ4v) is 2.28. The van der Waals surface area contributed by atoms with Crippen molar-refractivity contribution in [3.63, 3.8) is 0 Å². The van der Waals surface area contributed by atoms with Gasteiger partial charge in [0.1, 0.15) is 0 Å². The average Bonchev–Trinajstić information content (AvgIpc) is 2.55. The summed E-state index contributed by atoms with van der Waals surface area (Å²) in [6.07, 6.45) is 12.9. The quantitative estimate of drug-likeness (QED) is 0.306. The predicted molar refractivity (Wildman–Crippen MR) is 108 cm³/mol. The van der Waals surface area contributed by atoms with Crippen LogP contribution in [-0.4, -0.2) is 12.6 Å². The van der Waals surface area contributed by atoms with Crippen LogP contribution in [0.5, 0.6) is 0 Å². The number of allylic oxidation sites excluding steroid dienone is 7. The molecule has 0 radical (unpaired) electrons. The third kappa shape index (κ3) is 8.90. The van der Waals surface area contributed by atoms with E-state index in [-0.39, 0.29) is 5.97 Å². The van der Waals surface area contributed by atoms with Gasteiger partial charge >= 0.3 is 5.97 Å². The number of hydrogen-bond acceptors (Lipinski definition) is 2. The Balaban J connectivity index is 2.62. The van der Waals surface area contributed by atoms with E-state index < -0.39 is 0 Å². The first-order valence-corrected chi connectivity index (χ1v) is 8.85. The number of carbonyl (C=O) groups is 1. The van der Waals surface area contributed by atoms with Crippen molar-refractivity contribution in [3.05, 3.63) is 76.4 Å². The molecule has 0 unspecified atom stereocenters. The Hall–Kier alpha value is -2.35. The van der Waals surface area contributed by atoms with Crippen LogP contribution < -0.4 is 0 Å². The lowest BCUT2D eigenvalue weighted by atomic mass is 10.1. The van der Waals surface area contributed by atoms with Crippen molar-refractivity contribution in [1.29, 1.82) is 0 Å². The molecule has 0 aliphatic rings. The largest absolute Gasteiger partial charge is 0.462 e. The molecule has 1 rings (SSSR count). The molecule has 0 amide bonds. The molecule has 2 nitrogen and oxygen atoms in total. The highest BCUT2D eigenvalue weighted by Gasteiger charge is 2.04. The standard InChI is InChI=1S/C23H30O2/c1-6-25-23(24)22-15-13-21(14-16-22)17-20(5)12-8-11-19(4)10-7-9-18(2)3/h8-9,11-17H,6-7,10H2,1-5H3/b12-8+,19-11+,20-17+. The first kappa shape index (κ1) is 20.7. The van der Waals surface area contributed by atoms with Gasteiger partial charge in [-0.2, -0.15) is 0 Å². The van der Waals surface area contributed by atoms with Crippen LogP contribution in [0, 0.1) is 0 Å². The summed E-state index contributed by atoms with van der Waals surface area (Å²) in [5, 5.41) is 0. The third-order valence-corrected chi connectivity index (χ3v) is 3.65. The summed E-state index contributed by atoms with van der Waals surface area (Å²) in [4.78, 5) is 11.6. The van der Waals surface area contributed by atoms with E-state index in [1.807, 2.05) is 19.1 Å². The number of hydrogen-bond donors (Lipinski definition) is 0. The molecule has 0 aliphatic carbocycles. The minimum absolute atomic E-state index is 0.275. The number of esters is 1. The van der Waals surface area contributed by atoms with E-state index in [2.05, 4.69) is 58.1 Å². The van der Waals surface area contributed by atoms with Crippen LogP contribution in [0.15, 0.2) is 65.3 Å². The maximum Gasteiger partial charge on any atom is 0.338 e. The van der Waals surface area contributed by atoms with Gasteiger partial charge in [-0.15, -0.1) is 0 Å². The van der Waals surface area contributed by atoms with Gasteiger partial charge in [0.15, 0.2) is 0 Å². The Morgan fingerprint density at radius 3 is 2.36 bits per heavy atom. The van der Waals surface area contributed by atoms with E-state index in [1.54, 1.807) is 12.1 Å². The van der Waals surface area contributed by atoms with Crippen LogP contribution in [0.1, 0.15) is 63.4 Å². The number of rotatable bonds is 8. The highest BCUT2D eigenvalue weighted by atomic mass is 16.5. The lowest BCUT2D eigenvalue weighted by Gasteiger charge is -2.02. The van der Waals surface area contributed by atoms with E-state index in [0.717, 1.165) is 24.0 Å². The lowest BCUT2D eigenvalue weighted by molar-refractivity contribution is 0.0526. The van der Waals surface area contributed by atoms with Crippen molar-refractivity contribution in [2.45, 2.75) is 47.5 Å². The molecular formula is C23H30O2. The molecule has 134 valence electrons. The lowest BCUT2D eigenvalue weighted by Crippen LogP contribution is -2.03. The molecule has 1 aromatic carbocycles. The van der Waals surface area contributed by atoms with Gasteiger partial charge in [0.05, 0.1) is 12.2 Å². The number of carbonyl (C=O) groups excluding carboxylic acids is 1. The Morgan fingerprint density at radius 2 is 1.76 bits per heavy atom. The van der Waals surface area contributed by atoms with E-state index in [4.69, 9.17) is 4.74 Å². The van der Waals surface area contributed by atoms with Gasteiger partial charge in [0, 0.05) is 0 Å². The van der Waals surface area contributed by atoms with Crippen molar-refractivity contribution < 1.29 is 9.53 Å². The van der Waals surface area contributed by atoms with Crippen molar-refractivity contribution in [1.82, 2.24) is 0 Å². The van der Waals surface area contributed by atoms with Crippen LogP contribution in [0.2, 0.25) is 0 Å². The van der Waals surface area contributed by atoms with Gasteiger partial charge in [0.2, 0.25) is 0 Å². The molecule has 0 fully saturated rings. The van der Waals surface area contributed by atoms with Gasteiger partial charge < -0.3 is 4.74 Å². The van der Waals surface area contributed by atoms with E-state index >= 15 is 0 Å². The monoisotopic (exact) mass is 338 g/mol. The number of ether oxygens (including phenoxy) is 1.